The van der Waals surface area contributed by atoms with Gasteiger partial charge >= 0.3 is 0 Å². The molecule has 2 aromatic carbocycles. The molecule has 0 aromatic heterocycles. The van der Waals surface area contributed by atoms with Crippen molar-refractivity contribution in [1.82, 2.24) is 0 Å². The monoisotopic (exact) mass is 634 g/mol. The quantitative estimate of drug-likeness (QED) is 0.270. The normalized spacial score (nSPS) is 13.5. The van der Waals surface area contributed by atoms with Crippen LogP contribution in [0.3, 0.4) is 0 Å². The average molecular weight is 637 g/mol. The third kappa shape index (κ3) is 11.4. The first kappa shape index (κ1) is 36.8. The van der Waals surface area contributed by atoms with Gasteiger partial charge in [0.05, 0.1) is 0 Å². The molecule has 0 heterocycles. The molecule has 0 atom stereocenters. The van der Waals surface area contributed by atoms with E-state index >= 15 is 0 Å². The smallest absolute Gasteiger partial charge is 0 e. The van der Waals surface area contributed by atoms with Crippen molar-refractivity contribution in [3.63, 3.8) is 0 Å². The molecule has 0 radical (unpaired) electrons. The summed E-state index contributed by atoms with van der Waals surface area (Å²) >= 11 is 0. The molecule has 0 spiro atoms. The molecule has 2 aromatic rings. The zero-order chi connectivity index (χ0) is 28.7. The van der Waals surface area contributed by atoms with Crippen molar-refractivity contribution in [2.45, 2.75) is 157 Å². The van der Waals surface area contributed by atoms with Crippen LogP contribution >= 0.6 is 0 Å². The van der Waals surface area contributed by atoms with E-state index in [1.807, 2.05) is 0 Å². The van der Waals surface area contributed by atoms with Gasteiger partial charge in [0.15, 0.2) is 0 Å². The Kier molecular flexibility index (Phi) is 12.0. The van der Waals surface area contributed by atoms with E-state index in [0.717, 1.165) is 0 Å². The zero-order valence-electron chi connectivity index (χ0n) is 28.0. The molecule has 208 valence electrons. The van der Waals surface area contributed by atoms with Crippen LogP contribution < -0.4 is 0 Å². The summed E-state index contributed by atoms with van der Waals surface area (Å²) in [6, 6.07) is 14.3. The maximum absolute atomic E-state index is 2.38. The summed E-state index contributed by atoms with van der Waals surface area (Å²) in [5.41, 5.74) is 9.92. The minimum Gasteiger partial charge on any atom is -0.0561 e. The van der Waals surface area contributed by atoms with Gasteiger partial charge < -0.3 is 0 Å². The van der Waals surface area contributed by atoms with Crippen molar-refractivity contribution < 1.29 is 40.8 Å². The van der Waals surface area contributed by atoms with E-state index in [1.54, 1.807) is 0 Å². The fourth-order valence-corrected chi connectivity index (χ4v) is 3.85. The first-order chi connectivity index (χ1) is 15.6. The van der Waals surface area contributed by atoms with Crippen LogP contribution in [0.2, 0.25) is 0 Å². The second-order valence-electron chi connectivity index (χ2n) is 17.1. The Hall–Kier alpha value is -0.209. The summed E-state index contributed by atoms with van der Waals surface area (Å²) in [5.74, 6) is 0. The van der Waals surface area contributed by atoms with Crippen LogP contribution in [-0.4, -0.2) is 0 Å². The minimum absolute atomic E-state index is 0. The zero-order valence-corrected chi connectivity index (χ0v) is 31.2. The van der Waals surface area contributed by atoms with E-state index in [1.165, 1.54) is 33.4 Å². The van der Waals surface area contributed by atoms with Crippen LogP contribution in [0.4, 0.5) is 0 Å². The summed E-state index contributed by atoms with van der Waals surface area (Å²) in [6.45, 7) is 41.3. The molecule has 1 heteroatoms. The van der Waals surface area contributed by atoms with Gasteiger partial charge in [-0.25, -0.2) is 0 Å². The Morgan fingerprint density at radius 2 is 0.324 bits per heavy atom. The van der Waals surface area contributed by atoms with Crippen molar-refractivity contribution >= 4 is 0 Å². The molecular weight excluding hydrogens is 577 g/mol. The van der Waals surface area contributed by atoms with E-state index in [2.05, 4.69) is 161 Å². The van der Waals surface area contributed by atoms with Crippen molar-refractivity contribution in [1.29, 1.82) is 0 Å². The molecule has 0 aliphatic carbocycles. The molecule has 0 N–H and O–H groups in total. The van der Waals surface area contributed by atoms with Crippen LogP contribution in [-0.2, 0) is 32.5 Å². The predicted octanol–water partition coefficient (Wildman–Crippen LogP) is 11.2. The van der Waals surface area contributed by atoms with Gasteiger partial charge in [-0.1, -0.05) is 161 Å². The summed E-state index contributed by atoms with van der Waals surface area (Å²) in [6.07, 6.45) is 0. The molecule has 37 heavy (non-hydrogen) atoms. The maximum atomic E-state index is 2.38. The van der Waals surface area contributed by atoms with E-state index < -0.39 is 0 Å². The number of benzene rings is 2. The van der Waals surface area contributed by atoms with Gasteiger partial charge in [-0.3, -0.25) is 0 Å². The Balaban J connectivity index is 0.000000682. The predicted molar refractivity (Wildman–Crippen MR) is 165 cm³/mol. The summed E-state index contributed by atoms with van der Waals surface area (Å²) in [7, 11) is 0. The van der Waals surface area contributed by atoms with Crippen LogP contribution in [0.1, 0.15) is 158 Å². The summed E-state index contributed by atoms with van der Waals surface area (Å²) in [5, 5.41) is 0. The van der Waals surface area contributed by atoms with E-state index in [9.17, 15) is 0 Å². The molecule has 0 aliphatic rings. The fourth-order valence-electron chi connectivity index (χ4n) is 3.85. The van der Waals surface area contributed by atoms with Gasteiger partial charge in [-0.15, -0.1) is 0 Å². The molecule has 0 fully saturated rings. The Bertz CT molecular complexity index is 768. The van der Waals surface area contributed by atoms with Gasteiger partial charge in [-0.05, 0) is 65.9 Å². The van der Waals surface area contributed by atoms with Crippen LogP contribution in [0.25, 0.3) is 0 Å². The van der Waals surface area contributed by atoms with Crippen molar-refractivity contribution in [3.8, 4) is 0 Å². The standard InChI is InChI=1S/2C18H30.Nd/c2*1-16(2,3)13-10-14(17(4,5)6)12-15(11-13)18(7,8)9;/h2*10-12H,1-9H3;. The maximum Gasteiger partial charge on any atom is 0 e. The molecule has 0 unspecified atom stereocenters. The summed E-state index contributed by atoms with van der Waals surface area (Å²) in [4.78, 5) is 0. The summed E-state index contributed by atoms with van der Waals surface area (Å²) < 4.78 is 0. The second-order valence-corrected chi connectivity index (χ2v) is 17.1. The molecule has 0 amide bonds. The Morgan fingerprint density at radius 1 is 0.243 bits per heavy atom. The van der Waals surface area contributed by atoms with Crippen molar-refractivity contribution in [3.05, 3.63) is 69.8 Å². The molecule has 0 saturated heterocycles. The van der Waals surface area contributed by atoms with Gasteiger partial charge in [0.25, 0.3) is 0 Å². The Morgan fingerprint density at radius 3 is 0.378 bits per heavy atom. The molecular formula is C36H60Nd. The first-order valence-electron chi connectivity index (χ1n) is 14.0. The fraction of sp³-hybridized carbons (Fsp3) is 0.667. The van der Waals surface area contributed by atoms with E-state index in [4.69, 9.17) is 0 Å². The Labute approximate surface area is 265 Å². The molecule has 0 bridgehead atoms. The first-order valence-corrected chi connectivity index (χ1v) is 14.0. The molecule has 0 aliphatic heterocycles. The van der Waals surface area contributed by atoms with E-state index in [0.29, 0.717) is 0 Å². The molecule has 0 saturated carbocycles. The number of hydrogen-bond acceptors (Lipinski definition) is 0. The topological polar surface area (TPSA) is 0 Å². The van der Waals surface area contributed by atoms with Crippen LogP contribution in [0, 0.1) is 40.8 Å². The SMILES string of the molecule is CC(C)(C)c1cc(C(C)(C)C)cc(C(C)(C)C)c1.CC(C)(C)c1cc(C(C)(C)C)cc(C(C)(C)C)c1.[Nd]. The number of rotatable bonds is 0. The molecule has 2 rings (SSSR count). The van der Waals surface area contributed by atoms with Crippen molar-refractivity contribution in [2.75, 3.05) is 0 Å². The average Bonchev–Trinajstić information content (AvgIpc) is 2.63. The minimum atomic E-state index is 0. The number of hydrogen-bond donors (Lipinski definition) is 0. The van der Waals surface area contributed by atoms with Gasteiger partial charge in [0, 0.05) is 40.8 Å². The third-order valence-electron chi connectivity index (χ3n) is 7.06. The van der Waals surface area contributed by atoms with Crippen LogP contribution in [0.15, 0.2) is 36.4 Å². The third-order valence-corrected chi connectivity index (χ3v) is 7.06. The van der Waals surface area contributed by atoms with Crippen molar-refractivity contribution in [2.24, 2.45) is 0 Å². The van der Waals surface area contributed by atoms with Gasteiger partial charge in [0.2, 0.25) is 0 Å². The van der Waals surface area contributed by atoms with Crippen LogP contribution in [0.5, 0.6) is 0 Å². The molecule has 0 nitrogen and oxygen atoms in total. The van der Waals surface area contributed by atoms with Gasteiger partial charge in [-0.2, -0.15) is 0 Å². The van der Waals surface area contributed by atoms with Gasteiger partial charge in [0.1, 0.15) is 0 Å². The second kappa shape index (κ2) is 12.1. The largest absolute Gasteiger partial charge is 0.0561 e. The van der Waals surface area contributed by atoms with E-state index in [-0.39, 0.29) is 73.3 Å².